The van der Waals surface area contributed by atoms with Crippen LogP contribution in [0.5, 0.6) is 0 Å². The molecule has 0 amide bonds. The Morgan fingerprint density at radius 1 is 1.47 bits per heavy atom. The minimum absolute atomic E-state index is 0.115. The van der Waals surface area contributed by atoms with Crippen LogP contribution < -0.4 is 0 Å². The molecule has 0 aromatic rings. The van der Waals surface area contributed by atoms with Crippen molar-refractivity contribution < 1.29 is 24.5 Å². The van der Waals surface area contributed by atoms with Gasteiger partial charge in [0.05, 0.1) is 6.10 Å². The molecule has 0 aromatic heterocycles. The predicted octanol–water partition coefficient (Wildman–Crippen LogP) is 1.13. The number of rotatable bonds is 6. The molecule has 0 rings (SSSR count). The third kappa shape index (κ3) is 4.82. The zero-order valence-electron chi connectivity index (χ0n) is 10.3. The average Bonchev–Trinajstić information content (AvgIpc) is 2.32. The Hall–Kier alpha value is -1.62. The van der Waals surface area contributed by atoms with E-state index in [4.69, 9.17) is 9.84 Å². The summed E-state index contributed by atoms with van der Waals surface area (Å²) in [5.41, 5.74) is 0.318. The summed E-state index contributed by atoms with van der Waals surface area (Å²) in [4.78, 5) is 21.9. The van der Waals surface area contributed by atoms with Gasteiger partial charge in [0, 0.05) is 17.1 Å². The number of carboxylic acids is 1. The van der Waals surface area contributed by atoms with Gasteiger partial charge < -0.3 is 14.9 Å². The molecule has 0 heterocycles. The van der Waals surface area contributed by atoms with Gasteiger partial charge in [-0.3, -0.25) is 0 Å². The first-order valence-corrected chi connectivity index (χ1v) is 5.21. The quantitative estimate of drug-likeness (QED) is 0.539. The summed E-state index contributed by atoms with van der Waals surface area (Å²) in [6, 6.07) is 0. The second-order valence-corrected chi connectivity index (χ2v) is 3.76. The highest BCUT2D eigenvalue weighted by Gasteiger charge is 2.23. The highest BCUT2D eigenvalue weighted by atomic mass is 16.5. The van der Waals surface area contributed by atoms with Crippen molar-refractivity contribution in [2.24, 2.45) is 5.92 Å². The number of aliphatic hydroxyl groups excluding tert-OH is 1. The lowest BCUT2D eigenvalue weighted by Gasteiger charge is -2.18. The van der Waals surface area contributed by atoms with Crippen molar-refractivity contribution in [1.29, 1.82) is 0 Å². The summed E-state index contributed by atoms with van der Waals surface area (Å²) in [6.45, 7) is 7.89. The van der Waals surface area contributed by atoms with E-state index in [1.807, 2.05) is 0 Å². The first kappa shape index (κ1) is 15.4. The summed E-state index contributed by atoms with van der Waals surface area (Å²) in [7, 11) is 0. The molecule has 2 unspecified atom stereocenters. The number of aliphatic hydroxyl groups is 1. The molecule has 5 heteroatoms. The van der Waals surface area contributed by atoms with Crippen LogP contribution >= 0.6 is 0 Å². The summed E-state index contributed by atoms with van der Waals surface area (Å²) >= 11 is 0. The van der Waals surface area contributed by atoms with Crippen LogP contribution in [0, 0.1) is 5.92 Å². The van der Waals surface area contributed by atoms with E-state index in [1.54, 1.807) is 19.9 Å². The topological polar surface area (TPSA) is 83.8 Å². The Bertz CT molecular complexity index is 343. The van der Waals surface area contributed by atoms with Crippen molar-refractivity contribution in [3.63, 3.8) is 0 Å². The molecule has 0 fully saturated rings. The van der Waals surface area contributed by atoms with E-state index in [-0.39, 0.29) is 12.2 Å². The lowest BCUT2D eigenvalue weighted by molar-refractivity contribution is -0.142. The third-order valence-electron chi connectivity index (χ3n) is 2.54. The van der Waals surface area contributed by atoms with Gasteiger partial charge in [0.2, 0.25) is 0 Å². The fraction of sp³-hybridized carbons (Fsp3) is 0.500. The Morgan fingerprint density at radius 2 is 2.00 bits per heavy atom. The van der Waals surface area contributed by atoms with Crippen LogP contribution in [0.15, 0.2) is 23.8 Å². The fourth-order valence-electron chi connectivity index (χ4n) is 0.964. The lowest BCUT2D eigenvalue weighted by Crippen LogP contribution is -2.28. The summed E-state index contributed by atoms with van der Waals surface area (Å²) in [5, 5.41) is 18.3. The number of aliphatic carboxylic acids is 1. The maximum Gasteiger partial charge on any atom is 0.333 e. The number of esters is 1. The van der Waals surface area contributed by atoms with Gasteiger partial charge in [0.1, 0.15) is 6.61 Å². The molecule has 5 nitrogen and oxygen atoms in total. The molecule has 0 saturated carbocycles. The zero-order chi connectivity index (χ0) is 13.6. The number of carboxylic acid groups (broad SMARTS) is 1. The molecule has 0 spiro atoms. The molecule has 96 valence electrons. The molecule has 0 aliphatic rings. The Morgan fingerprint density at radius 3 is 2.41 bits per heavy atom. The normalized spacial score (nSPS) is 14.9. The third-order valence-corrected chi connectivity index (χ3v) is 2.54. The number of allylic oxidation sites excluding steroid dienone is 1. The van der Waals surface area contributed by atoms with Crippen LogP contribution in [0.2, 0.25) is 0 Å². The van der Waals surface area contributed by atoms with Crippen molar-refractivity contribution in [2.75, 3.05) is 6.61 Å². The lowest BCUT2D eigenvalue weighted by atomic mass is 9.97. The van der Waals surface area contributed by atoms with E-state index in [2.05, 4.69) is 6.58 Å². The number of carbonyl (C=O) groups is 2. The van der Waals surface area contributed by atoms with E-state index in [0.29, 0.717) is 5.57 Å². The van der Waals surface area contributed by atoms with Crippen LogP contribution in [0.1, 0.15) is 20.8 Å². The van der Waals surface area contributed by atoms with Crippen molar-refractivity contribution in [3.05, 3.63) is 23.8 Å². The van der Waals surface area contributed by atoms with Gasteiger partial charge in [0.15, 0.2) is 0 Å². The van der Waals surface area contributed by atoms with Gasteiger partial charge in [-0.05, 0) is 13.8 Å². The fourth-order valence-corrected chi connectivity index (χ4v) is 0.964. The number of hydrogen-bond donors (Lipinski definition) is 2. The van der Waals surface area contributed by atoms with E-state index < -0.39 is 24.0 Å². The number of ether oxygens (including phenoxy) is 1. The maximum absolute atomic E-state index is 11.3. The monoisotopic (exact) mass is 242 g/mol. The number of hydrogen-bond acceptors (Lipinski definition) is 4. The van der Waals surface area contributed by atoms with Gasteiger partial charge in [-0.25, -0.2) is 9.59 Å². The van der Waals surface area contributed by atoms with Crippen molar-refractivity contribution >= 4 is 11.9 Å². The summed E-state index contributed by atoms with van der Waals surface area (Å²) in [6.07, 6.45) is 0.515. The van der Waals surface area contributed by atoms with Crippen molar-refractivity contribution in [2.45, 2.75) is 26.9 Å². The van der Waals surface area contributed by atoms with Gasteiger partial charge >= 0.3 is 11.9 Å². The van der Waals surface area contributed by atoms with Crippen LogP contribution in [-0.2, 0) is 14.3 Å². The Kier molecular flexibility index (Phi) is 6.20. The van der Waals surface area contributed by atoms with Crippen LogP contribution in [0.4, 0.5) is 0 Å². The predicted molar refractivity (Wildman–Crippen MR) is 62.3 cm³/mol. The first-order valence-electron chi connectivity index (χ1n) is 5.21. The molecule has 0 aromatic carbocycles. The minimum atomic E-state index is -1.17. The molecule has 0 aliphatic heterocycles. The molecule has 2 N–H and O–H groups in total. The first-order chi connectivity index (χ1) is 7.81. The van der Waals surface area contributed by atoms with E-state index >= 15 is 0 Å². The van der Waals surface area contributed by atoms with Crippen molar-refractivity contribution in [3.8, 4) is 0 Å². The highest BCUT2D eigenvalue weighted by molar-refractivity contribution is 5.87. The minimum Gasteiger partial charge on any atom is -0.478 e. The van der Waals surface area contributed by atoms with Gasteiger partial charge in [-0.15, -0.1) is 0 Å². The molecular weight excluding hydrogens is 224 g/mol. The molecule has 17 heavy (non-hydrogen) atoms. The molecule has 0 radical (unpaired) electrons. The van der Waals surface area contributed by atoms with Crippen LogP contribution in [-0.4, -0.2) is 34.9 Å². The molecular formula is C12H18O5. The van der Waals surface area contributed by atoms with E-state index in [9.17, 15) is 14.7 Å². The second-order valence-electron chi connectivity index (χ2n) is 3.76. The summed E-state index contributed by atoms with van der Waals surface area (Å²) in [5.74, 6) is -2.38. The smallest absolute Gasteiger partial charge is 0.333 e. The largest absolute Gasteiger partial charge is 0.478 e. The zero-order valence-corrected chi connectivity index (χ0v) is 10.3. The Balaban J connectivity index is 4.28. The second kappa shape index (κ2) is 6.85. The van der Waals surface area contributed by atoms with Gasteiger partial charge in [-0.1, -0.05) is 19.6 Å². The number of carbonyl (C=O) groups excluding carboxylic acids is 1. The molecule has 0 saturated heterocycles. The van der Waals surface area contributed by atoms with E-state index in [0.717, 1.165) is 0 Å². The Labute approximate surface area is 100 Å². The highest BCUT2D eigenvalue weighted by Crippen LogP contribution is 2.14. The SMILES string of the molecule is C=C(C(=O)O)C(C)C(O)COC(=O)C(C)=CC. The van der Waals surface area contributed by atoms with Crippen LogP contribution in [0.3, 0.4) is 0 Å². The van der Waals surface area contributed by atoms with Gasteiger partial charge in [0.25, 0.3) is 0 Å². The maximum atomic E-state index is 11.3. The van der Waals surface area contributed by atoms with Gasteiger partial charge in [-0.2, -0.15) is 0 Å². The average molecular weight is 242 g/mol. The molecule has 0 aliphatic carbocycles. The molecule has 2 atom stereocenters. The van der Waals surface area contributed by atoms with E-state index in [1.165, 1.54) is 6.92 Å². The van der Waals surface area contributed by atoms with Crippen LogP contribution in [0.25, 0.3) is 0 Å². The molecule has 0 bridgehead atoms. The standard InChI is InChI=1S/C12H18O5/c1-5-7(2)12(16)17-6-10(13)8(3)9(4)11(14)15/h5,8,10,13H,4,6H2,1-3H3,(H,14,15). The summed E-state index contributed by atoms with van der Waals surface area (Å²) < 4.78 is 4.82. The van der Waals surface area contributed by atoms with Crippen molar-refractivity contribution in [1.82, 2.24) is 0 Å².